The van der Waals surface area contributed by atoms with Gasteiger partial charge in [0, 0.05) is 12.1 Å². The maximum Gasteiger partial charge on any atom is 0.522 e. The van der Waals surface area contributed by atoms with E-state index in [0.29, 0.717) is 23.4 Å². The van der Waals surface area contributed by atoms with Crippen LogP contribution in [0, 0.1) is 13.8 Å². The predicted molar refractivity (Wildman–Crippen MR) is 58.3 cm³/mol. The molecular weight excluding hydrogens is 249 g/mol. The summed E-state index contributed by atoms with van der Waals surface area (Å²) in [7, 11) is 0. The first-order valence-corrected chi connectivity index (χ1v) is 5.54. The Morgan fingerprint density at radius 3 is 2.50 bits per heavy atom. The van der Waals surface area contributed by atoms with Gasteiger partial charge in [-0.2, -0.15) is 5.10 Å². The average molecular weight is 264 g/mol. The van der Waals surface area contributed by atoms with Crippen molar-refractivity contribution in [3.05, 3.63) is 17.0 Å². The van der Waals surface area contributed by atoms with Gasteiger partial charge in [0.15, 0.2) is 5.78 Å². The summed E-state index contributed by atoms with van der Waals surface area (Å²) in [6.45, 7) is 4.49. The van der Waals surface area contributed by atoms with E-state index in [9.17, 15) is 18.0 Å². The number of Topliss-reactive ketones (excluding diaryl/α,β-unsaturated/α-hetero) is 1. The number of ketones is 1. The van der Waals surface area contributed by atoms with E-state index in [-0.39, 0.29) is 12.3 Å². The molecule has 1 aromatic rings. The highest BCUT2D eigenvalue weighted by molar-refractivity contribution is 5.97. The van der Waals surface area contributed by atoms with Crippen LogP contribution in [-0.4, -0.2) is 28.5 Å². The van der Waals surface area contributed by atoms with Crippen LogP contribution in [0.3, 0.4) is 0 Å². The molecule has 0 bridgehead atoms. The standard InChI is InChI=1S/C11H15F3N2O2/c1-4-9(17)10-7(2)15-16(8(10)3)5-6-18-11(12,13)14/h4-6H2,1-3H3. The number of nitrogens with zero attached hydrogens (tertiary/aromatic N) is 2. The average Bonchev–Trinajstić information content (AvgIpc) is 2.52. The lowest BCUT2D eigenvalue weighted by Crippen LogP contribution is -2.18. The molecule has 102 valence electrons. The third kappa shape index (κ3) is 3.56. The van der Waals surface area contributed by atoms with Crippen molar-refractivity contribution in [3.8, 4) is 0 Å². The second kappa shape index (κ2) is 5.51. The van der Waals surface area contributed by atoms with Crippen LogP contribution in [0.2, 0.25) is 0 Å². The van der Waals surface area contributed by atoms with Gasteiger partial charge >= 0.3 is 6.36 Å². The molecule has 0 atom stereocenters. The number of hydrogen-bond donors (Lipinski definition) is 0. The summed E-state index contributed by atoms with van der Waals surface area (Å²) < 4.78 is 40.5. The topological polar surface area (TPSA) is 44.1 Å². The highest BCUT2D eigenvalue weighted by Gasteiger charge is 2.29. The fourth-order valence-corrected chi connectivity index (χ4v) is 1.74. The molecule has 0 aliphatic rings. The van der Waals surface area contributed by atoms with Crippen molar-refractivity contribution < 1.29 is 22.7 Å². The number of aromatic nitrogens is 2. The number of carbonyl (C=O) groups is 1. The molecular formula is C11H15F3N2O2. The second-order valence-electron chi connectivity index (χ2n) is 3.84. The van der Waals surface area contributed by atoms with Crippen LogP contribution in [0.25, 0.3) is 0 Å². The summed E-state index contributed by atoms with van der Waals surface area (Å²) in [5, 5.41) is 4.05. The van der Waals surface area contributed by atoms with Crippen molar-refractivity contribution in [2.45, 2.75) is 40.1 Å². The van der Waals surface area contributed by atoms with Crippen molar-refractivity contribution in [1.82, 2.24) is 9.78 Å². The number of aryl methyl sites for hydroxylation is 1. The molecule has 0 fully saturated rings. The van der Waals surface area contributed by atoms with Gasteiger partial charge in [-0.3, -0.25) is 14.2 Å². The number of halogens is 3. The third-order valence-electron chi connectivity index (χ3n) is 2.55. The van der Waals surface area contributed by atoms with Gasteiger partial charge in [0.25, 0.3) is 0 Å². The maximum absolute atomic E-state index is 11.8. The fraction of sp³-hybridized carbons (Fsp3) is 0.636. The van der Waals surface area contributed by atoms with E-state index in [1.807, 2.05) is 0 Å². The van der Waals surface area contributed by atoms with E-state index in [4.69, 9.17) is 0 Å². The van der Waals surface area contributed by atoms with Crippen LogP contribution in [0.1, 0.15) is 35.1 Å². The highest BCUT2D eigenvalue weighted by Crippen LogP contribution is 2.18. The molecule has 0 spiro atoms. The second-order valence-corrected chi connectivity index (χ2v) is 3.84. The molecule has 0 radical (unpaired) electrons. The molecule has 0 saturated heterocycles. The first kappa shape index (κ1) is 14.7. The molecule has 0 aromatic carbocycles. The Balaban J connectivity index is 2.77. The maximum atomic E-state index is 11.8. The Morgan fingerprint density at radius 2 is 2.00 bits per heavy atom. The Labute approximate surface area is 103 Å². The number of rotatable bonds is 5. The summed E-state index contributed by atoms with van der Waals surface area (Å²) in [6, 6.07) is 0. The van der Waals surface area contributed by atoms with E-state index in [2.05, 4.69) is 9.84 Å². The molecule has 4 nitrogen and oxygen atoms in total. The lowest BCUT2D eigenvalue weighted by Gasteiger charge is -2.08. The summed E-state index contributed by atoms with van der Waals surface area (Å²) in [6.07, 6.45) is -4.30. The van der Waals surface area contributed by atoms with Gasteiger partial charge < -0.3 is 0 Å². The molecule has 0 aliphatic carbocycles. The smallest absolute Gasteiger partial charge is 0.294 e. The molecule has 1 heterocycles. The SMILES string of the molecule is CCC(=O)c1c(C)nn(CCOC(F)(F)F)c1C. The van der Waals surface area contributed by atoms with E-state index in [0.717, 1.165) is 0 Å². The van der Waals surface area contributed by atoms with Gasteiger partial charge in [0.1, 0.15) is 0 Å². The highest BCUT2D eigenvalue weighted by atomic mass is 19.4. The molecule has 7 heteroatoms. The predicted octanol–water partition coefficient (Wildman–Crippen LogP) is 2.63. The minimum absolute atomic E-state index is 0.0385. The summed E-state index contributed by atoms with van der Waals surface area (Å²) in [5.41, 5.74) is 1.60. The van der Waals surface area contributed by atoms with Crippen molar-refractivity contribution in [2.75, 3.05) is 6.61 Å². The van der Waals surface area contributed by atoms with Crippen molar-refractivity contribution in [1.29, 1.82) is 0 Å². The zero-order chi connectivity index (χ0) is 13.9. The van der Waals surface area contributed by atoms with Gasteiger partial charge in [-0.25, -0.2) is 0 Å². The van der Waals surface area contributed by atoms with E-state index in [1.165, 1.54) is 4.68 Å². The monoisotopic (exact) mass is 264 g/mol. The first-order valence-electron chi connectivity index (χ1n) is 5.54. The minimum Gasteiger partial charge on any atom is -0.294 e. The molecule has 0 unspecified atom stereocenters. The summed E-state index contributed by atoms with van der Waals surface area (Å²) in [4.78, 5) is 11.6. The zero-order valence-electron chi connectivity index (χ0n) is 10.5. The van der Waals surface area contributed by atoms with Crippen LogP contribution >= 0.6 is 0 Å². The molecule has 1 aromatic heterocycles. The van der Waals surface area contributed by atoms with Crippen molar-refractivity contribution in [3.63, 3.8) is 0 Å². The molecule has 0 amide bonds. The molecule has 1 rings (SSSR count). The summed E-state index contributed by atoms with van der Waals surface area (Å²) in [5.74, 6) is -0.0620. The molecule has 0 saturated carbocycles. The third-order valence-corrected chi connectivity index (χ3v) is 2.55. The Hall–Kier alpha value is -1.37. The molecule has 0 aliphatic heterocycles. The van der Waals surface area contributed by atoms with Crippen LogP contribution in [-0.2, 0) is 11.3 Å². The van der Waals surface area contributed by atoms with Gasteiger partial charge in [-0.15, -0.1) is 13.2 Å². The largest absolute Gasteiger partial charge is 0.522 e. The first-order chi connectivity index (χ1) is 8.26. The van der Waals surface area contributed by atoms with Gasteiger partial charge in [0.2, 0.25) is 0 Å². The zero-order valence-corrected chi connectivity index (χ0v) is 10.5. The van der Waals surface area contributed by atoms with Crippen LogP contribution in [0.4, 0.5) is 13.2 Å². The number of hydrogen-bond acceptors (Lipinski definition) is 3. The molecule has 18 heavy (non-hydrogen) atoms. The van der Waals surface area contributed by atoms with Crippen LogP contribution in [0.5, 0.6) is 0 Å². The number of carbonyl (C=O) groups excluding carboxylic acids is 1. The van der Waals surface area contributed by atoms with Crippen molar-refractivity contribution in [2.24, 2.45) is 0 Å². The normalized spacial score (nSPS) is 11.9. The Kier molecular flexibility index (Phi) is 4.50. The molecule has 0 N–H and O–H groups in total. The van der Waals surface area contributed by atoms with Gasteiger partial charge in [-0.05, 0) is 13.8 Å². The van der Waals surface area contributed by atoms with Gasteiger partial charge in [-0.1, -0.05) is 6.92 Å². The van der Waals surface area contributed by atoms with Crippen molar-refractivity contribution >= 4 is 5.78 Å². The van der Waals surface area contributed by atoms with Crippen LogP contribution in [0.15, 0.2) is 0 Å². The minimum atomic E-state index is -4.64. The van der Waals surface area contributed by atoms with Crippen LogP contribution < -0.4 is 0 Å². The number of alkyl halides is 3. The van der Waals surface area contributed by atoms with E-state index < -0.39 is 13.0 Å². The van der Waals surface area contributed by atoms with Gasteiger partial charge in [0.05, 0.1) is 24.4 Å². The quantitative estimate of drug-likeness (QED) is 0.768. The number of ether oxygens (including phenoxy) is 1. The Morgan fingerprint density at radius 1 is 1.39 bits per heavy atom. The fourth-order valence-electron chi connectivity index (χ4n) is 1.74. The lowest BCUT2D eigenvalue weighted by atomic mass is 10.1. The Bertz CT molecular complexity index is 438. The van der Waals surface area contributed by atoms with E-state index in [1.54, 1.807) is 20.8 Å². The van der Waals surface area contributed by atoms with E-state index >= 15 is 0 Å². The summed E-state index contributed by atoms with van der Waals surface area (Å²) >= 11 is 0. The lowest BCUT2D eigenvalue weighted by molar-refractivity contribution is -0.325.